The molecule has 0 radical (unpaired) electrons. The topological polar surface area (TPSA) is 99.3 Å². The van der Waals surface area contributed by atoms with Crippen LogP contribution < -0.4 is 10.1 Å². The lowest BCUT2D eigenvalue weighted by atomic mass is 10.2. The molecule has 13 heteroatoms. The van der Waals surface area contributed by atoms with Crippen LogP contribution in [0.15, 0.2) is 18.2 Å². The van der Waals surface area contributed by atoms with E-state index < -0.39 is 52.3 Å². The lowest BCUT2D eigenvalue weighted by molar-refractivity contribution is -0.384. The molecule has 1 amide bonds. The second-order valence-corrected chi connectivity index (χ2v) is 5.41. The van der Waals surface area contributed by atoms with Crippen molar-refractivity contribution in [3.05, 3.63) is 44.7 Å². The predicted molar refractivity (Wildman–Crippen MR) is 85.4 cm³/mol. The zero-order valence-electron chi connectivity index (χ0n) is 13.5. The number of nitro benzene ring substituents is 1. The molecule has 0 saturated heterocycles. The van der Waals surface area contributed by atoms with E-state index in [2.05, 4.69) is 10.4 Å². The third-order valence-corrected chi connectivity index (χ3v) is 3.73. The van der Waals surface area contributed by atoms with Gasteiger partial charge >= 0.3 is 0 Å². The highest BCUT2D eigenvalue weighted by molar-refractivity contribution is 6.32. The highest BCUT2D eigenvalue weighted by Gasteiger charge is 2.29. The predicted octanol–water partition coefficient (Wildman–Crippen LogP) is 3.97. The molecule has 0 saturated carbocycles. The average Bonchev–Trinajstić information content (AvgIpc) is 2.91. The first-order chi connectivity index (χ1) is 12.6. The van der Waals surface area contributed by atoms with Gasteiger partial charge in [0, 0.05) is 0 Å². The Labute approximate surface area is 153 Å². The zero-order chi connectivity index (χ0) is 20.3. The zero-order valence-corrected chi connectivity index (χ0v) is 14.2. The van der Waals surface area contributed by atoms with Gasteiger partial charge in [0.1, 0.15) is 29.4 Å². The molecule has 0 aliphatic rings. The highest BCUT2D eigenvalue weighted by atomic mass is 35.5. The third-order valence-electron chi connectivity index (χ3n) is 3.34. The van der Waals surface area contributed by atoms with Gasteiger partial charge in [0.15, 0.2) is 0 Å². The minimum absolute atomic E-state index is 0.153. The summed E-state index contributed by atoms with van der Waals surface area (Å²) in [5, 5.41) is 15.5. The van der Waals surface area contributed by atoms with Crippen LogP contribution in [0.25, 0.3) is 0 Å². The van der Waals surface area contributed by atoms with Crippen LogP contribution in [0, 0.1) is 10.1 Å². The fourth-order valence-corrected chi connectivity index (χ4v) is 2.46. The van der Waals surface area contributed by atoms with Crippen molar-refractivity contribution in [1.29, 1.82) is 0 Å². The molecule has 8 nitrogen and oxygen atoms in total. The lowest BCUT2D eigenvalue weighted by Gasteiger charge is -2.09. The minimum Gasteiger partial charge on any atom is -0.496 e. The molecule has 1 aromatic heterocycles. The fourth-order valence-electron chi connectivity index (χ4n) is 2.16. The standard InChI is InChI=1S/C14H11ClF4N4O4/c1-27-6-2-3-7(8(4-6)23(25)26)20-9(24)5-22-12(14(18)19)10(15)11(21-22)13(16)17/h2-4,13-14H,5H2,1H3,(H,20,24). The van der Waals surface area contributed by atoms with Gasteiger partial charge in [0.05, 0.1) is 23.1 Å². The van der Waals surface area contributed by atoms with Crippen LogP contribution >= 0.6 is 11.6 Å². The molecule has 0 aliphatic carbocycles. The van der Waals surface area contributed by atoms with Crippen LogP contribution in [0.4, 0.5) is 28.9 Å². The number of carbonyl (C=O) groups is 1. The number of aromatic nitrogens is 2. The van der Waals surface area contributed by atoms with Crippen LogP contribution in [0.5, 0.6) is 5.75 Å². The Morgan fingerprint density at radius 1 is 1.37 bits per heavy atom. The smallest absolute Gasteiger partial charge is 0.296 e. The molecule has 1 heterocycles. The van der Waals surface area contributed by atoms with E-state index in [-0.39, 0.29) is 11.4 Å². The van der Waals surface area contributed by atoms with Gasteiger partial charge in [-0.05, 0) is 12.1 Å². The van der Waals surface area contributed by atoms with E-state index in [0.29, 0.717) is 4.68 Å². The molecule has 1 N–H and O–H groups in total. The molecule has 0 aliphatic heterocycles. The molecule has 0 fully saturated rings. The summed E-state index contributed by atoms with van der Waals surface area (Å²) in [7, 11) is 1.28. The van der Waals surface area contributed by atoms with Crippen molar-refractivity contribution in [3.8, 4) is 5.75 Å². The van der Waals surface area contributed by atoms with Crippen molar-refractivity contribution < 1.29 is 32.0 Å². The molecule has 2 rings (SSSR count). The number of hydrogen-bond acceptors (Lipinski definition) is 5. The Morgan fingerprint density at radius 2 is 2.04 bits per heavy atom. The number of benzene rings is 1. The minimum atomic E-state index is -3.26. The second kappa shape index (κ2) is 8.20. The first-order valence-corrected chi connectivity index (χ1v) is 7.48. The number of nitro groups is 1. The quantitative estimate of drug-likeness (QED) is 0.423. The maximum atomic E-state index is 13.1. The van der Waals surface area contributed by atoms with E-state index in [4.69, 9.17) is 16.3 Å². The monoisotopic (exact) mass is 410 g/mol. The Kier molecular flexibility index (Phi) is 6.20. The number of ether oxygens (including phenoxy) is 1. The van der Waals surface area contributed by atoms with Gasteiger partial charge in [-0.25, -0.2) is 17.6 Å². The van der Waals surface area contributed by atoms with Crippen molar-refractivity contribution in [2.75, 3.05) is 12.4 Å². The number of nitrogens with zero attached hydrogens (tertiary/aromatic N) is 3. The molecule has 0 bridgehead atoms. The van der Waals surface area contributed by atoms with Gasteiger partial charge in [0.25, 0.3) is 18.5 Å². The Morgan fingerprint density at radius 3 is 2.56 bits per heavy atom. The molecule has 0 atom stereocenters. The van der Waals surface area contributed by atoms with Crippen molar-refractivity contribution in [1.82, 2.24) is 9.78 Å². The molecular weight excluding hydrogens is 400 g/mol. The maximum absolute atomic E-state index is 13.1. The van der Waals surface area contributed by atoms with Crippen LogP contribution in [0.3, 0.4) is 0 Å². The summed E-state index contributed by atoms with van der Waals surface area (Å²) in [6, 6.07) is 3.54. The highest BCUT2D eigenvalue weighted by Crippen LogP contribution is 2.35. The Hall–Kier alpha value is -2.89. The molecule has 0 spiro atoms. The Balaban J connectivity index is 2.29. The molecule has 2 aromatic rings. The maximum Gasteiger partial charge on any atom is 0.296 e. The number of nitrogens with one attached hydrogen (secondary N) is 1. The number of methoxy groups -OCH3 is 1. The van der Waals surface area contributed by atoms with Crippen molar-refractivity contribution >= 4 is 28.9 Å². The molecule has 1 aromatic carbocycles. The van der Waals surface area contributed by atoms with Crippen LogP contribution in [-0.4, -0.2) is 27.7 Å². The third kappa shape index (κ3) is 4.45. The molecule has 27 heavy (non-hydrogen) atoms. The van der Waals surface area contributed by atoms with Gasteiger partial charge in [-0.1, -0.05) is 11.6 Å². The summed E-state index contributed by atoms with van der Waals surface area (Å²) >= 11 is 5.49. The molecule has 146 valence electrons. The number of halogens is 5. The van der Waals surface area contributed by atoms with Gasteiger partial charge in [-0.3, -0.25) is 19.6 Å². The van der Waals surface area contributed by atoms with Gasteiger partial charge in [-0.15, -0.1) is 0 Å². The van der Waals surface area contributed by atoms with Crippen molar-refractivity contribution in [2.24, 2.45) is 0 Å². The fraction of sp³-hybridized carbons (Fsp3) is 0.286. The number of carbonyl (C=O) groups excluding carboxylic acids is 1. The van der Waals surface area contributed by atoms with Gasteiger partial charge in [-0.2, -0.15) is 5.10 Å². The van der Waals surface area contributed by atoms with E-state index in [9.17, 15) is 32.5 Å². The Bertz CT molecular complexity index is 875. The summed E-state index contributed by atoms with van der Waals surface area (Å²) < 4.78 is 56.9. The largest absolute Gasteiger partial charge is 0.496 e. The van der Waals surface area contributed by atoms with E-state index in [0.717, 1.165) is 6.07 Å². The summed E-state index contributed by atoms with van der Waals surface area (Å²) in [5.74, 6) is -0.856. The number of rotatable bonds is 7. The van der Waals surface area contributed by atoms with Crippen LogP contribution in [0.2, 0.25) is 5.02 Å². The van der Waals surface area contributed by atoms with Crippen molar-refractivity contribution in [3.63, 3.8) is 0 Å². The summed E-state index contributed by atoms with van der Waals surface area (Å²) in [6.07, 6.45) is -6.48. The van der Waals surface area contributed by atoms with E-state index in [1.807, 2.05) is 0 Å². The van der Waals surface area contributed by atoms with Gasteiger partial charge < -0.3 is 10.1 Å². The summed E-state index contributed by atoms with van der Waals surface area (Å²) in [6.45, 7) is -0.907. The number of amides is 1. The average molecular weight is 411 g/mol. The SMILES string of the molecule is COc1ccc(NC(=O)Cn2nc(C(F)F)c(Cl)c2C(F)F)c([N+](=O)[O-])c1. The van der Waals surface area contributed by atoms with Crippen molar-refractivity contribution in [2.45, 2.75) is 19.4 Å². The normalized spacial score (nSPS) is 11.1. The summed E-state index contributed by atoms with van der Waals surface area (Å²) in [4.78, 5) is 22.4. The first kappa shape index (κ1) is 20.4. The van der Waals surface area contributed by atoms with Gasteiger partial charge in [0.2, 0.25) is 5.91 Å². The van der Waals surface area contributed by atoms with E-state index >= 15 is 0 Å². The van der Waals surface area contributed by atoms with E-state index in [1.54, 1.807) is 0 Å². The van der Waals surface area contributed by atoms with Crippen LogP contribution in [-0.2, 0) is 11.3 Å². The first-order valence-electron chi connectivity index (χ1n) is 7.10. The molecular formula is C14H11ClF4N4O4. The van der Waals surface area contributed by atoms with E-state index in [1.165, 1.54) is 19.2 Å². The second-order valence-electron chi connectivity index (χ2n) is 5.03. The van der Waals surface area contributed by atoms with Crippen LogP contribution in [0.1, 0.15) is 24.2 Å². The number of alkyl halides is 4. The lowest BCUT2D eigenvalue weighted by Crippen LogP contribution is -2.21. The molecule has 0 unspecified atom stereocenters. The number of anilines is 1. The summed E-state index contributed by atoms with van der Waals surface area (Å²) in [5.41, 5.74) is -2.89. The number of hydrogen-bond donors (Lipinski definition) is 1.